The van der Waals surface area contributed by atoms with Crippen molar-refractivity contribution in [3.63, 3.8) is 0 Å². The molecule has 1 heterocycles. The minimum atomic E-state index is -0.0343. The molecule has 1 aromatic carbocycles. The van der Waals surface area contributed by atoms with Crippen molar-refractivity contribution in [1.82, 2.24) is 10.6 Å². The zero-order valence-electron chi connectivity index (χ0n) is 9.99. The van der Waals surface area contributed by atoms with Gasteiger partial charge in [0.25, 0.3) is 0 Å². The van der Waals surface area contributed by atoms with E-state index in [1.165, 1.54) is 0 Å². The Morgan fingerprint density at radius 3 is 2.88 bits per heavy atom. The predicted molar refractivity (Wildman–Crippen MR) is 66.7 cm³/mol. The van der Waals surface area contributed by atoms with Crippen LogP contribution in [0.15, 0.2) is 34.7 Å². The first-order chi connectivity index (χ1) is 8.20. The smallest absolute Gasteiger partial charge is 0.233 e. The van der Waals surface area contributed by atoms with Gasteiger partial charge in [0.2, 0.25) is 5.91 Å². The van der Waals surface area contributed by atoms with Gasteiger partial charge < -0.3 is 9.73 Å². The molecule has 2 N–H and O–H groups in total. The number of amides is 1. The lowest BCUT2D eigenvalue weighted by atomic mass is 10.2. The number of hydrogen-bond acceptors (Lipinski definition) is 3. The molecule has 0 saturated heterocycles. The molecule has 17 heavy (non-hydrogen) atoms. The lowest BCUT2D eigenvalue weighted by molar-refractivity contribution is -0.119. The van der Waals surface area contributed by atoms with Gasteiger partial charge in [0.1, 0.15) is 11.3 Å². The molecule has 4 nitrogen and oxygen atoms in total. The van der Waals surface area contributed by atoms with E-state index in [-0.39, 0.29) is 18.5 Å². The van der Waals surface area contributed by atoms with Crippen LogP contribution < -0.4 is 10.6 Å². The molecule has 0 radical (unpaired) electrons. The number of benzene rings is 1. The molecule has 0 spiro atoms. The molecule has 4 heteroatoms. The van der Waals surface area contributed by atoms with Gasteiger partial charge in [-0.25, -0.2) is 0 Å². The maximum atomic E-state index is 11.1. The standard InChI is InChI=1S/C13H16N2O2/c1-9(15-8-13(16)14-2)12-7-10-5-3-4-6-11(10)17-12/h3-7,9,15H,8H2,1-2H3,(H,14,16). The van der Waals surface area contributed by atoms with Crippen LogP contribution in [-0.2, 0) is 4.79 Å². The number of furan rings is 1. The Bertz CT molecular complexity index is 486. The molecule has 0 aliphatic carbocycles. The van der Waals surface area contributed by atoms with Crippen LogP contribution in [0.2, 0.25) is 0 Å². The number of likely N-dealkylation sites (N-methyl/N-ethyl adjacent to an activating group) is 1. The summed E-state index contributed by atoms with van der Waals surface area (Å²) in [5.74, 6) is 0.808. The molecule has 0 aliphatic rings. The van der Waals surface area contributed by atoms with Gasteiger partial charge in [-0.05, 0) is 19.1 Å². The van der Waals surface area contributed by atoms with Gasteiger partial charge in [-0.3, -0.25) is 10.1 Å². The van der Waals surface area contributed by atoms with Gasteiger partial charge in [0.15, 0.2) is 0 Å². The maximum absolute atomic E-state index is 11.1. The molecule has 2 rings (SSSR count). The summed E-state index contributed by atoms with van der Waals surface area (Å²) in [5, 5.41) is 6.75. The molecule has 1 aromatic heterocycles. The van der Waals surface area contributed by atoms with Crippen LogP contribution in [0.3, 0.4) is 0 Å². The van der Waals surface area contributed by atoms with Crippen molar-refractivity contribution in [1.29, 1.82) is 0 Å². The fraction of sp³-hybridized carbons (Fsp3) is 0.308. The van der Waals surface area contributed by atoms with Crippen LogP contribution in [0.25, 0.3) is 11.0 Å². The lowest BCUT2D eigenvalue weighted by Gasteiger charge is -2.09. The average molecular weight is 232 g/mol. The summed E-state index contributed by atoms with van der Waals surface area (Å²) in [7, 11) is 1.62. The fourth-order valence-electron chi connectivity index (χ4n) is 1.65. The summed E-state index contributed by atoms with van der Waals surface area (Å²) >= 11 is 0. The molecule has 90 valence electrons. The van der Waals surface area contributed by atoms with Crippen LogP contribution >= 0.6 is 0 Å². The minimum absolute atomic E-state index is 0.0136. The second-order valence-corrected chi connectivity index (χ2v) is 3.96. The van der Waals surface area contributed by atoms with Crippen LogP contribution in [-0.4, -0.2) is 19.5 Å². The van der Waals surface area contributed by atoms with E-state index in [9.17, 15) is 4.79 Å². The number of carbonyl (C=O) groups excluding carboxylic acids is 1. The molecule has 1 amide bonds. The second kappa shape index (κ2) is 5.01. The van der Waals surface area contributed by atoms with Gasteiger partial charge in [-0.15, -0.1) is 0 Å². The molecule has 2 aromatic rings. The average Bonchev–Trinajstić information content (AvgIpc) is 2.79. The molecule has 0 saturated carbocycles. The molecule has 0 fully saturated rings. The van der Waals surface area contributed by atoms with Gasteiger partial charge in [-0.1, -0.05) is 18.2 Å². The SMILES string of the molecule is CNC(=O)CNC(C)c1cc2ccccc2o1. The third-order valence-electron chi connectivity index (χ3n) is 2.72. The molecule has 1 atom stereocenters. The Kier molecular flexibility index (Phi) is 3.44. The first kappa shape index (κ1) is 11.7. The number of carbonyl (C=O) groups is 1. The summed E-state index contributed by atoms with van der Waals surface area (Å²) in [6, 6.07) is 9.87. The third-order valence-corrected chi connectivity index (χ3v) is 2.72. The molecule has 0 bridgehead atoms. The lowest BCUT2D eigenvalue weighted by Crippen LogP contribution is -2.32. The Morgan fingerprint density at radius 2 is 2.18 bits per heavy atom. The van der Waals surface area contributed by atoms with Gasteiger partial charge in [0, 0.05) is 12.4 Å². The fourth-order valence-corrected chi connectivity index (χ4v) is 1.65. The van der Waals surface area contributed by atoms with Crippen LogP contribution in [0.4, 0.5) is 0 Å². The second-order valence-electron chi connectivity index (χ2n) is 3.96. The summed E-state index contributed by atoms with van der Waals surface area (Å²) in [6.07, 6.45) is 0. The van der Waals surface area contributed by atoms with Crippen molar-refractivity contribution in [3.05, 3.63) is 36.1 Å². The van der Waals surface area contributed by atoms with E-state index in [4.69, 9.17) is 4.42 Å². The zero-order chi connectivity index (χ0) is 12.3. The maximum Gasteiger partial charge on any atom is 0.233 e. The van der Waals surface area contributed by atoms with Gasteiger partial charge >= 0.3 is 0 Å². The Labute approximate surface area is 100.0 Å². The van der Waals surface area contributed by atoms with E-state index in [2.05, 4.69) is 10.6 Å². The summed E-state index contributed by atoms with van der Waals surface area (Å²) in [5.41, 5.74) is 0.871. The van der Waals surface area contributed by atoms with Crippen molar-refractivity contribution in [2.24, 2.45) is 0 Å². The summed E-state index contributed by atoms with van der Waals surface area (Å²) in [6.45, 7) is 2.26. The van der Waals surface area contributed by atoms with E-state index < -0.39 is 0 Å². The highest BCUT2D eigenvalue weighted by atomic mass is 16.3. The van der Waals surface area contributed by atoms with Gasteiger partial charge in [-0.2, -0.15) is 0 Å². The largest absolute Gasteiger partial charge is 0.459 e. The highest BCUT2D eigenvalue weighted by Gasteiger charge is 2.11. The minimum Gasteiger partial charge on any atom is -0.459 e. The van der Waals surface area contributed by atoms with Gasteiger partial charge in [0.05, 0.1) is 12.6 Å². The molecule has 0 aliphatic heterocycles. The Morgan fingerprint density at radius 1 is 1.41 bits per heavy atom. The van der Waals surface area contributed by atoms with E-state index >= 15 is 0 Å². The molecule has 1 unspecified atom stereocenters. The Balaban J connectivity index is 2.08. The first-order valence-corrected chi connectivity index (χ1v) is 5.63. The first-order valence-electron chi connectivity index (χ1n) is 5.63. The summed E-state index contributed by atoms with van der Waals surface area (Å²) < 4.78 is 5.70. The van der Waals surface area contributed by atoms with Crippen LogP contribution in [0.5, 0.6) is 0 Å². The topological polar surface area (TPSA) is 54.3 Å². The van der Waals surface area contributed by atoms with Crippen LogP contribution in [0, 0.1) is 0 Å². The molecular formula is C13H16N2O2. The zero-order valence-corrected chi connectivity index (χ0v) is 9.99. The normalized spacial score (nSPS) is 12.6. The number of hydrogen-bond donors (Lipinski definition) is 2. The van der Waals surface area contributed by atoms with Crippen molar-refractivity contribution >= 4 is 16.9 Å². The van der Waals surface area contributed by atoms with E-state index in [0.717, 1.165) is 16.7 Å². The predicted octanol–water partition coefficient (Wildman–Crippen LogP) is 1.83. The Hall–Kier alpha value is -1.81. The van der Waals surface area contributed by atoms with Crippen molar-refractivity contribution in [2.45, 2.75) is 13.0 Å². The van der Waals surface area contributed by atoms with E-state index in [0.29, 0.717) is 0 Å². The number of fused-ring (bicyclic) bond motifs is 1. The van der Waals surface area contributed by atoms with E-state index in [1.54, 1.807) is 7.05 Å². The molecular weight excluding hydrogens is 216 g/mol. The number of nitrogens with one attached hydrogen (secondary N) is 2. The summed E-state index contributed by atoms with van der Waals surface area (Å²) in [4.78, 5) is 11.1. The quantitative estimate of drug-likeness (QED) is 0.845. The van der Waals surface area contributed by atoms with Crippen molar-refractivity contribution < 1.29 is 9.21 Å². The number of para-hydroxylation sites is 1. The highest BCUT2D eigenvalue weighted by molar-refractivity contribution is 5.78. The van der Waals surface area contributed by atoms with E-state index in [1.807, 2.05) is 37.3 Å². The van der Waals surface area contributed by atoms with Crippen LogP contribution in [0.1, 0.15) is 18.7 Å². The monoisotopic (exact) mass is 232 g/mol. The van der Waals surface area contributed by atoms with Crippen molar-refractivity contribution in [2.75, 3.05) is 13.6 Å². The highest BCUT2D eigenvalue weighted by Crippen LogP contribution is 2.23. The third kappa shape index (κ3) is 2.65. The number of rotatable bonds is 4. The van der Waals surface area contributed by atoms with Crippen molar-refractivity contribution in [3.8, 4) is 0 Å².